The molecule has 4 nitrogen and oxygen atoms in total. The quantitative estimate of drug-likeness (QED) is 0.835. The maximum absolute atomic E-state index is 12.0. The van der Waals surface area contributed by atoms with Gasteiger partial charge >= 0.3 is 0 Å². The minimum Gasteiger partial charge on any atom is -0.340 e. The monoisotopic (exact) mass is 285 g/mol. The Morgan fingerprint density at radius 1 is 1.62 bits per heavy atom. The first-order valence-corrected chi connectivity index (χ1v) is 5.96. The van der Waals surface area contributed by atoms with Crippen LogP contribution in [0.3, 0.4) is 0 Å². The molecule has 0 aliphatic heterocycles. The number of hydrogen-bond donors (Lipinski definition) is 1. The summed E-state index contributed by atoms with van der Waals surface area (Å²) in [6.45, 7) is 1.63. The lowest BCUT2D eigenvalue weighted by molar-refractivity contribution is 0.0787. The number of nitrogens with zero attached hydrogens (tertiary/aromatic N) is 2. The second-order valence-corrected chi connectivity index (χ2v) is 4.37. The molecule has 0 radical (unpaired) electrons. The van der Waals surface area contributed by atoms with Gasteiger partial charge in [0.05, 0.1) is 0 Å². The van der Waals surface area contributed by atoms with Crippen LogP contribution in [0.1, 0.15) is 16.9 Å². The highest BCUT2D eigenvalue weighted by molar-refractivity contribution is 9.10. The fraction of sp³-hybridized carbons (Fsp3) is 0.455. The minimum atomic E-state index is -0.0522. The van der Waals surface area contributed by atoms with E-state index in [1.54, 1.807) is 24.2 Å². The van der Waals surface area contributed by atoms with Gasteiger partial charge < -0.3 is 10.2 Å². The highest BCUT2D eigenvalue weighted by Gasteiger charge is 2.15. The Morgan fingerprint density at radius 2 is 2.38 bits per heavy atom. The first kappa shape index (κ1) is 13.1. The van der Waals surface area contributed by atoms with Crippen LogP contribution in [0.4, 0.5) is 0 Å². The summed E-state index contributed by atoms with van der Waals surface area (Å²) in [6, 6.07) is 3.61. The van der Waals surface area contributed by atoms with Crippen LogP contribution in [0.2, 0.25) is 0 Å². The third-order valence-corrected chi connectivity index (χ3v) is 2.87. The summed E-state index contributed by atoms with van der Waals surface area (Å²) in [5.41, 5.74) is 0.467. The van der Waals surface area contributed by atoms with Gasteiger partial charge in [0.2, 0.25) is 0 Å². The highest BCUT2D eigenvalue weighted by atomic mass is 79.9. The van der Waals surface area contributed by atoms with Crippen molar-refractivity contribution in [3.63, 3.8) is 0 Å². The molecule has 0 aliphatic rings. The summed E-state index contributed by atoms with van der Waals surface area (Å²) in [5.74, 6) is -0.0522. The molecule has 0 atom stereocenters. The molecule has 0 saturated heterocycles. The van der Waals surface area contributed by atoms with Gasteiger partial charge in [0.25, 0.3) is 5.91 Å². The molecule has 0 unspecified atom stereocenters. The first-order valence-electron chi connectivity index (χ1n) is 5.17. The van der Waals surface area contributed by atoms with Gasteiger partial charge in [-0.15, -0.1) is 0 Å². The molecule has 0 spiro atoms. The van der Waals surface area contributed by atoms with E-state index in [-0.39, 0.29) is 5.91 Å². The molecule has 0 aliphatic carbocycles. The van der Waals surface area contributed by atoms with E-state index in [4.69, 9.17) is 0 Å². The van der Waals surface area contributed by atoms with Gasteiger partial charge in [-0.2, -0.15) is 0 Å². The number of carbonyl (C=O) groups is 1. The van der Waals surface area contributed by atoms with Crippen molar-refractivity contribution in [2.24, 2.45) is 0 Å². The molecule has 1 rings (SSSR count). The molecular weight excluding hydrogens is 270 g/mol. The Labute approximate surface area is 104 Å². The molecule has 1 aromatic heterocycles. The summed E-state index contributed by atoms with van der Waals surface area (Å²) < 4.78 is 0.737. The average molecular weight is 286 g/mol. The van der Waals surface area contributed by atoms with Gasteiger partial charge in [-0.3, -0.25) is 4.79 Å². The van der Waals surface area contributed by atoms with Crippen molar-refractivity contribution in [1.29, 1.82) is 0 Å². The third-order valence-electron chi connectivity index (χ3n) is 2.23. The number of halogens is 1. The predicted octanol–water partition coefficient (Wildman–Crippen LogP) is 1.53. The van der Waals surface area contributed by atoms with E-state index in [1.807, 2.05) is 13.1 Å². The van der Waals surface area contributed by atoms with Crippen molar-refractivity contribution < 1.29 is 4.79 Å². The second kappa shape index (κ2) is 6.60. The van der Waals surface area contributed by atoms with Gasteiger partial charge in [0.15, 0.2) is 0 Å². The smallest absolute Gasteiger partial charge is 0.273 e. The molecule has 1 aromatic rings. The van der Waals surface area contributed by atoms with Gasteiger partial charge in [0, 0.05) is 24.3 Å². The Bertz CT molecular complexity index is 357. The van der Waals surface area contributed by atoms with E-state index < -0.39 is 0 Å². The number of nitrogens with one attached hydrogen (secondary N) is 1. The van der Waals surface area contributed by atoms with Gasteiger partial charge in [-0.1, -0.05) is 0 Å². The second-order valence-electron chi connectivity index (χ2n) is 3.52. The number of aromatic nitrogens is 1. The zero-order valence-electron chi connectivity index (χ0n) is 9.53. The first-order chi connectivity index (χ1) is 7.66. The Balaban J connectivity index is 2.60. The lowest BCUT2D eigenvalue weighted by Crippen LogP contribution is -2.30. The molecule has 0 saturated carbocycles. The summed E-state index contributed by atoms with van der Waals surface area (Å²) in [7, 11) is 3.69. The van der Waals surface area contributed by atoms with Crippen molar-refractivity contribution in [3.05, 3.63) is 28.5 Å². The van der Waals surface area contributed by atoms with Gasteiger partial charge in [-0.05, 0) is 48.1 Å². The summed E-state index contributed by atoms with van der Waals surface area (Å²) in [5, 5.41) is 3.05. The van der Waals surface area contributed by atoms with Crippen LogP contribution in [-0.4, -0.2) is 43.0 Å². The van der Waals surface area contributed by atoms with Crippen molar-refractivity contribution in [2.75, 3.05) is 27.2 Å². The largest absolute Gasteiger partial charge is 0.340 e. The van der Waals surface area contributed by atoms with Crippen molar-refractivity contribution in [3.8, 4) is 0 Å². The van der Waals surface area contributed by atoms with Crippen LogP contribution in [0, 0.1) is 0 Å². The van der Waals surface area contributed by atoms with E-state index in [0.29, 0.717) is 5.69 Å². The number of hydrogen-bond acceptors (Lipinski definition) is 3. The number of carbonyl (C=O) groups excluding carboxylic acids is 1. The molecular formula is C11H16BrN3O. The number of amides is 1. The number of rotatable bonds is 5. The molecule has 0 bridgehead atoms. The summed E-state index contributed by atoms with van der Waals surface area (Å²) in [6.07, 6.45) is 2.56. The van der Waals surface area contributed by atoms with Crippen LogP contribution < -0.4 is 5.32 Å². The molecule has 0 aromatic carbocycles. The molecule has 0 fully saturated rings. The van der Waals surface area contributed by atoms with Crippen molar-refractivity contribution in [1.82, 2.24) is 15.2 Å². The molecule has 88 valence electrons. The topological polar surface area (TPSA) is 45.2 Å². The minimum absolute atomic E-state index is 0.0522. The Morgan fingerprint density at radius 3 is 3.00 bits per heavy atom. The SMILES string of the molecule is CNCCCN(C)C(=O)c1ncccc1Br. The van der Waals surface area contributed by atoms with Crippen LogP contribution in [0.5, 0.6) is 0 Å². The van der Waals surface area contributed by atoms with Crippen LogP contribution in [0.15, 0.2) is 22.8 Å². The van der Waals surface area contributed by atoms with Crippen LogP contribution in [-0.2, 0) is 0 Å². The molecule has 1 heterocycles. The van der Waals surface area contributed by atoms with E-state index in [0.717, 1.165) is 24.0 Å². The normalized spacial score (nSPS) is 10.2. The van der Waals surface area contributed by atoms with Gasteiger partial charge in [0.1, 0.15) is 5.69 Å². The lowest BCUT2D eigenvalue weighted by Gasteiger charge is -2.16. The standard InChI is InChI=1S/C11H16BrN3O/c1-13-6-4-8-15(2)11(16)10-9(12)5-3-7-14-10/h3,5,7,13H,4,6,8H2,1-2H3. The maximum atomic E-state index is 12.0. The fourth-order valence-corrected chi connectivity index (χ4v) is 1.74. The Hall–Kier alpha value is -0.940. The zero-order chi connectivity index (χ0) is 12.0. The lowest BCUT2D eigenvalue weighted by atomic mass is 10.3. The summed E-state index contributed by atoms with van der Waals surface area (Å²) in [4.78, 5) is 17.7. The highest BCUT2D eigenvalue weighted by Crippen LogP contribution is 2.14. The van der Waals surface area contributed by atoms with Crippen molar-refractivity contribution >= 4 is 21.8 Å². The maximum Gasteiger partial charge on any atom is 0.273 e. The fourth-order valence-electron chi connectivity index (χ4n) is 1.32. The molecule has 16 heavy (non-hydrogen) atoms. The van der Waals surface area contributed by atoms with E-state index in [2.05, 4.69) is 26.2 Å². The van der Waals surface area contributed by atoms with Crippen LogP contribution in [0.25, 0.3) is 0 Å². The van der Waals surface area contributed by atoms with E-state index >= 15 is 0 Å². The third kappa shape index (κ3) is 3.57. The predicted molar refractivity (Wildman–Crippen MR) is 67.4 cm³/mol. The summed E-state index contributed by atoms with van der Waals surface area (Å²) >= 11 is 3.32. The van der Waals surface area contributed by atoms with Crippen LogP contribution >= 0.6 is 15.9 Å². The van der Waals surface area contributed by atoms with E-state index in [1.165, 1.54) is 0 Å². The average Bonchev–Trinajstić information content (AvgIpc) is 2.29. The molecule has 1 N–H and O–H groups in total. The zero-order valence-corrected chi connectivity index (χ0v) is 11.1. The molecule has 1 amide bonds. The van der Waals surface area contributed by atoms with Crippen molar-refractivity contribution in [2.45, 2.75) is 6.42 Å². The Kier molecular flexibility index (Phi) is 5.42. The number of pyridine rings is 1. The molecule has 5 heteroatoms. The van der Waals surface area contributed by atoms with E-state index in [9.17, 15) is 4.79 Å². The van der Waals surface area contributed by atoms with Gasteiger partial charge in [-0.25, -0.2) is 4.98 Å².